The lowest BCUT2D eigenvalue weighted by atomic mass is 10.1. The number of rotatable bonds is 8. The highest BCUT2D eigenvalue weighted by molar-refractivity contribution is 7.88. The summed E-state index contributed by atoms with van der Waals surface area (Å²) >= 11 is 0. The topological polar surface area (TPSA) is 104 Å². The van der Waals surface area contributed by atoms with Crippen molar-refractivity contribution in [3.63, 3.8) is 0 Å². The Morgan fingerprint density at radius 3 is 2.62 bits per heavy atom. The van der Waals surface area contributed by atoms with Gasteiger partial charge in [0.2, 0.25) is 10.0 Å². The fraction of sp³-hybridized carbons (Fsp3) is 0.444. The van der Waals surface area contributed by atoms with Crippen LogP contribution in [0, 0.1) is 0 Å². The van der Waals surface area contributed by atoms with Gasteiger partial charge in [-0.3, -0.25) is 9.89 Å². The van der Waals surface area contributed by atoms with E-state index in [-0.39, 0.29) is 24.2 Å². The van der Waals surface area contributed by atoms with Gasteiger partial charge in [0.25, 0.3) is 5.91 Å². The number of carbonyl (C=O) groups excluding carboxylic acids is 1. The van der Waals surface area contributed by atoms with Crippen LogP contribution >= 0.6 is 0 Å². The van der Waals surface area contributed by atoms with E-state index >= 15 is 0 Å². The van der Waals surface area contributed by atoms with Crippen LogP contribution in [0.25, 0.3) is 0 Å². The molecule has 1 heterocycles. The van der Waals surface area contributed by atoms with Crippen LogP contribution in [0.1, 0.15) is 59.9 Å². The van der Waals surface area contributed by atoms with Gasteiger partial charge < -0.3 is 5.32 Å². The second-order valence-corrected chi connectivity index (χ2v) is 8.72. The molecule has 26 heavy (non-hydrogen) atoms. The molecule has 1 fully saturated rings. The van der Waals surface area contributed by atoms with Gasteiger partial charge in [-0.25, -0.2) is 13.1 Å². The number of aromatic amines is 1. The minimum absolute atomic E-state index is 0.120. The smallest absolute Gasteiger partial charge is 0.272 e. The van der Waals surface area contributed by atoms with E-state index in [1.807, 2.05) is 12.1 Å². The number of hydrogen-bond acceptors (Lipinski definition) is 4. The number of amides is 1. The molecule has 1 amide bonds. The normalized spacial score (nSPS) is 14.6. The molecule has 3 rings (SSSR count). The second-order valence-electron chi connectivity index (χ2n) is 6.97. The zero-order valence-corrected chi connectivity index (χ0v) is 15.8. The van der Waals surface area contributed by atoms with E-state index in [0.29, 0.717) is 17.2 Å². The predicted molar refractivity (Wildman–Crippen MR) is 99.1 cm³/mol. The van der Waals surface area contributed by atoms with E-state index < -0.39 is 10.0 Å². The molecule has 0 bridgehead atoms. The standard InChI is InChI=1S/C18H24N4O3S/c1-12(2)22-26(24,25)11-15-6-4-3-5-14(15)10-19-18(23)17-9-16(20-21-17)13-7-8-13/h3-6,9,12-13,22H,7-8,10-11H2,1-2H3,(H,19,23)(H,20,21). The Balaban J connectivity index is 1.65. The zero-order valence-electron chi connectivity index (χ0n) is 15.0. The Bertz CT molecular complexity index is 885. The van der Waals surface area contributed by atoms with E-state index in [1.165, 1.54) is 0 Å². The van der Waals surface area contributed by atoms with E-state index in [4.69, 9.17) is 0 Å². The molecule has 140 valence electrons. The van der Waals surface area contributed by atoms with Gasteiger partial charge >= 0.3 is 0 Å². The molecule has 7 nitrogen and oxygen atoms in total. The van der Waals surface area contributed by atoms with Gasteiger partial charge in [-0.05, 0) is 43.9 Å². The van der Waals surface area contributed by atoms with Crippen molar-refractivity contribution < 1.29 is 13.2 Å². The number of sulfonamides is 1. The molecule has 0 aliphatic heterocycles. The van der Waals surface area contributed by atoms with Crippen molar-refractivity contribution in [3.8, 4) is 0 Å². The summed E-state index contributed by atoms with van der Waals surface area (Å²) in [5.41, 5.74) is 2.80. The minimum atomic E-state index is -3.43. The number of aromatic nitrogens is 2. The maximum absolute atomic E-state index is 12.3. The lowest BCUT2D eigenvalue weighted by Gasteiger charge is -2.13. The molecule has 8 heteroatoms. The fourth-order valence-electron chi connectivity index (χ4n) is 2.80. The minimum Gasteiger partial charge on any atom is -0.347 e. The lowest BCUT2D eigenvalue weighted by Crippen LogP contribution is -2.32. The Hall–Kier alpha value is -2.19. The highest BCUT2D eigenvalue weighted by Crippen LogP contribution is 2.38. The first-order chi connectivity index (χ1) is 12.3. The van der Waals surface area contributed by atoms with E-state index in [0.717, 1.165) is 24.1 Å². The third-order valence-corrected chi connectivity index (χ3v) is 5.69. The highest BCUT2D eigenvalue weighted by atomic mass is 32.2. The molecule has 1 aromatic heterocycles. The van der Waals surface area contributed by atoms with Crippen LogP contribution in [0.15, 0.2) is 30.3 Å². The average Bonchev–Trinajstić information content (AvgIpc) is 3.29. The Morgan fingerprint density at radius 2 is 1.96 bits per heavy atom. The third kappa shape index (κ3) is 4.92. The van der Waals surface area contributed by atoms with Gasteiger partial charge in [0.15, 0.2) is 0 Å². The molecule has 0 atom stereocenters. The first-order valence-electron chi connectivity index (χ1n) is 8.74. The van der Waals surface area contributed by atoms with Gasteiger partial charge in [-0.1, -0.05) is 24.3 Å². The maximum Gasteiger partial charge on any atom is 0.272 e. The molecule has 1 aliphatic rings. The molecule has 1 aromatic carbocycles. The van der Waals surface area contributed by atoms with Crippen LogP contribution in [0.3, 0.4) is 0 Å². The molecular weight excluding hydrogens is 352 g/mol. The van der Waals surface area contributed by atoms with Gasteiger partial charge in [0.1, 0.15) is 5.69 Å². The van der Waals surface area contributed by atoms with Crippen molar-refractivity contribution in [2.45, 2.75) is 50.9 Å². The molecule has 0 spiro atoms. The zero-order chi connectivity index (χ0) is 18.7. The second kappa shape index (κ2) is 7.59. The van der Waals surface area contributed by atoms with E-state index in [1.54, 1.807) is 32.0 Å². The van der Waals surface area contributed by atoms with Crippen LogP contribution in [0.4, 0.5) is 0 Å². The van der Waals surface area contributed by atoms with Crippen LogP contribution < -0.4 is 10.0 Å². The molecule has 2 aromatic rings. The van der Waals surface area contributed by atoms with Crippen molar-refractivity contribution in [1.29, 1.82) is 0 Å². The van der Waals surface area contributed by atoms with Gasteiger partial charge in [0, 0.05) is 24.2 Å². The summed E-state index contributed by atoms with van der Waals surface area (Å²) in [6.07, 6.45) is 2.27. The summed E-state index contributed by atoms with van der Waals surface area (Å²) in [5, 5.41) is 9.79. The first kappa shape index (κ1) is 18.6. The molecule has 0 unspecified atom stereocenters. The summed E-state index contributed by atoms with van der Waals surface area (Å²) in [4.78, 5) is 12.3. The number of carbonyl (C=O) groups is 1. The number of benzene rings is 1. The van der Waals surface area contributed by atoms with Crippen LogP contribution in [0.5, 0.6) is 0 Å². The predicted octanol–water partition coefficient (Wildman–Crippen LogP) is 2.04. The molecule has 1 aliphatic carbocycles. The third-order valence-electron chi connectivity index (χ3n) is 4.17. The fourth-order valence-corrected chi connectivity index (χ4v) is 4.29. The van der Waals surface area contributed by atoms with Gasteiger partial charge in [-0.15, -0.1) is 0 Å². The van der Waals surface area contributed by atoms with Crippen LogP contribution in [-0.4, -0.2) is 30.6 Å². The van der Waals surface area contributed by atoms with Crippen LogP contribution in [0.2, 0.25) is 0 Å². The highest BCUT2D eigenvalue weighted by Gasteiger charge is 2.26. The molecule has 3 N–H and O–H groups in total. The Morgan fingerprint density at radius 1 is 1.27 bits per heavy atom. The number of nitrogens with one attached hydrogen (secondary N) is 3. The Labute approximate surface area is 153 Å². The van der Waals surface area contributed by atoms with Gasteiger partial charge in [0.05, 0.1) is 5.75 Å². The average molecular weight is 376 g/mol. The quantitative estimate of drug-likeness (QED) is 0.656. The lowest BCUT2D eigenvalue weighted by molar-refractivity contribution is 0.0946. The Kier molecular flexibility index (Phi) is 5.43. The largest absolute Gasteiger partial charge is 0.347 e. The van der Waals surface area contributed by atoms with E-state index in [2.05, 4.69) is 20.2 Å². The number of hydrogen-bond donors (Lipinski definition) is 3. The van der Waals surface area contributed by atoms with Crippen molar-refractivity contribution >= 4 is 15.9 Å². The summed E-state index contributed by atoms with van der Waals surface area (Å²) in [6, 6.07) is 8.83. The summed E-state index contributed by atoms with van der Waals surface area (Å²) in [6.45, 7) is 3.81. The monoisotopic (exact) mass is 376 g/mol. The summed E-state index contributed by atoms with van der Waals surface area (Å²) in [5.74, 6) is 0.111. The molecule has 1 saturated carbocycles. The van der Waals surface area contributed by atoms with Crippen molar-refractivity contribution in [2.24, 2.45) is 0 Å². The van der Waals surface area contributed by atoms with Gasteiger partial charge in [-0.2, -0.15) is 5.10 Å². The number of H-pyrrole nitrogens is 1. The maximum atomic E-state index is 12.3. The van der Waals surface area contributed by atoms with Crippen LogP contribution in [-0.2, 0) is 22.3 Å². The molecular formula is C18H24N4O3S. The van der Waals surface area contributed by atoms with E-state index in [9.17, 15) is 13.2 Å². The first-order valence-corrected chi connectivity index (χ1v) is 10.4. The summed E-state index contributed by atoms with van der Waals surface area (Å²) < 4.78 is 26.9. The van der Waals surface area contributed by atoms with Crippen molar-refractivity contribution in [1.82, 2.24) is 20.2 Å². The molecule has 0 radical (unpaired) electrons. The SMILES string of the molecule is CC(C)NS(=O)(=O)Cc1ccccc1CNC(=O)c1cc(C2CC2)[nH]n1. The van der Waals surface area contributed by atoms with Crippen molar-refractivity contribution in [2.75, 3.05) is 0 Å². The summed E-state index contributed by atoms with van der Waals surface area (Å²) in [7, 11) is -3.43. The van der Waals surface area contributed by atoms with Crippen molar-refractivity contribution in [3.05, 3.63) is 52.8 Å². The number of nitrogens with zero attached hydrogens (tertiary/aromatic N) is 1. The molecule has 0 saturated heterocycles.